The van der Waals surface area contributed by atoms with E-state index in [0.29, 0.717) is 12.5 Å². The molecule has 0 unspecified atom stereocenters. The van der Waals surface area contributed by atoms with E-state index in [2.05, 4.69) is 33.7 Å². The highest BCUT2D eigenvalue weighted by Crippen LogP contribution is 2.24. The Balaban J connectivity index is 1.63. The van der Waals surface area contributed by atoms with Gasteiger partial charge in [-0.3, -0.25) is 5.10 Å². The van der Waals surface area contributed by atoms with Gasteiger partial charge < -0.3 is 10.1 Å². The summed E-state index contributed by atoms with van der Waals surface area (Å²) in [5, 5.41) is 11.1. The van der Waals surface area contributed by atoms with Crippen molar-refractivity contribution in [2.24, 2.45) is 0 Å². The quantitative estimate of drug-likeness (QED) is 0.888. The molecule has 0 bridgehead atoms. The first-order valence-corrected chi connectivity index (χ1v) is 7.82. The molecule has 2 aromatic rings. The van der Waals surface area contributed by atoms with Crippen molar-refractivity contribution in [2.75, 3.05) is 19.7 Å². The van der Waals surface area contributed by atoms with Crippen LogP contribution >= 0.6 is 0 Å². The van der Waals surface area contributed by atoms with E-state index in [1.165, 1.54) is 29.8 Å². The lowest BCUT2D eigenvalue weighted by atomic mass is 9.94. The predicted octanol–water partition coefficient (Wildman–Crippen LogP) is 2.87. The molecule has 1 aromatic heterocycles. The number of piperidine rings is 1. The predicted molar refractivity (Wildman–Crippen MR) is 83.8 cm³/mol. The van der Waals surface area contributed by atoms with E-state index in [9.17, 15) is 0 Å². The van der Waals surface area contributed by atoms with Gasteiger partial charge in [0.1, 0.15) is 5.75 Å². The second-order valence-electron chi connectivity index (χ2n) is 5.60. The van der Waals surface area contributed by atoms with Crippen molar-refractivity contribution in [3.63, 3.8) is 0 Å². The SMILES string of the molecule is CCOc1ccc(Cc2cc(C3CCNCC3)n[nH]2)cc1. The number of hydrogen-bond acceptors (Lipinski definition) is 3. The zero-order valence-electron chi connectivity index (χ0n) is 12.6. The third-order valence-corrected chi connectivity index (χ3v) is 4.04. The first kappa shape index (κ1) is 14.1. The third kappa shape index (κ3) is 3.64. The first-order chi connectivity index (χ1) is 10.3. The van der Waals surface area contributed by atoms with Gasteiger partial charge in [0.25, 0.3) is 0 Å². The number of hydrogen-bond donors (Lipinski definition) is 2. The molecule has 0 amide bonds. The number of nitrogens with zero attached hydrogens (tertiary/aromatic N) is 1. The minimum Gasteiger partial charge on any atom is -0.494 e. The highest BCUT2D eigenvalue weighted by molar-refractivity contribution is 5.30. The van der Waals surface area contributed by atoms with Crippen molar-refractivity contribution in [1.29, 1.82) is 0 Å². The second-order valence-corrected chi connectivity index (χ2v) is 5.60. The molecule has 1 fully saturated rings. The van der Waals surface area contributed by atoms with Gasteiger partial charge in [-0.1, -0.05) is 12.1 Å². The Morgan fingerprint density at radius 2 is 1.95 bits per heavy atom. The first-order valence-electron chi connectivity index (χ1n) is 7.82. The third-order valence-electron chi connectivity index (χ3n) is 4.04. The van der Waals surface area contributed by atoms with E-state index < -0.39 is 0 Å². The Morgan fingerprint density at radius 1 is 1.19 bits per heavy atom. The van der Waals surface area contributed by atoms with Crippen molar-refractivity contribution < 1.29 is 4.74 Å². The van der Waals surface area contributed by atoms with Gasteiger partial charge in [-0.15, -0.1) is 0 Å². The van der Waals surface area contributed by atoms with E-state index in [-0.39, 0.29) is 0 Å². The number of ether oxygens (including phenoxy) is 1. The van der Waals surface area contributed by atoms with Crippen molar-refractivity contribution in [3.05, 3.63) is 47.3 Å². The van der Waals surface area contributed by atoms with Crippen molar-refractivity contribution in [3.8, 4) is 5.75 Å². The standard InChI is InChI=1S/C17H23N3O/c1-2-21-16-5-3-13(4-6-16)11-15-12-17(20-19-15)14-7-9-18-10-8-14/h3-6,12,14,18H,2,7-11H2,1H3,(H,19,20). The van der Waals surface area contributed by atoms with Gasteiger partial charge in [0.15, 0.2) is 0 Å². The summed E-state index contributed by atoms with van der Waals surface area (Å²) >= 11 is 0. The minimum atomic E-state index is 0.608. The maximum atomic E-state index is 5.47. The normalized spacial score (nSPS) is 16.0. The van der Waals surface area contributed by atoms with Gasteiger partial charge in [0, 0.05) is 18.0 Å². The van der Waals surface area contributed by atoms with Gasteiger partial charge >= 0.3 is 0 Å². The van der Waals surface area contributed by atoms with Gasteiger partial charge in [-0.2, -0.15) is 5.10 Å². The van der Waals surface area contributed by atoms with E-state index in [1.54, 1.807) is 0 Å². The summed E-state index contributed by atoms with van der Waals surface area (Å²) in [5.74, 6) is 1.54. The lowest BCUT2D eigenvalue weighted by molar-refractivity contribution is 0.340. The highest BCUT2D eigenvalue weighted by Gasteiger charge is 2.17. The largest absolute Gasteiger partial charge is 0.494 e. The zero-order chi connectivity index (χ0) is 14.5. The fourth-order valence-corrected chi connectivity index (χ4v) is 2.89. The van der Waals surface area contributed by atoms with Crippen molar-refractivity contribution >= 4 is 0 Å². The topological polar surface area (TPSA) is 49.9 Å². The second kappa shape index (κ2) is 6.76. The maximum absolute atomic E-state index is 5.47. The molecule has 0 radical (unpaired) electrons. The molecule has 1 aromatic carbocycles. The number of aromatic amines is 1. The molecule has 3 rings (SSSR count). The van der Waals surface area contributed by atoms with Crippen LogP contribution in [0, 0.1) is 0 Å². The van der Waals surface area contributed by atoms with E-state index in [4.69, 9.17) is 4.74 Å². The van der Waals surface area contributed by atoms with Gasteiger partial charge in [-0.25, -0.2) is 0 Å². The van der Waals surface area contributed by atoms with Crippen LogP contribution in [0.2, 0.25) is 0 Å². The summed E-state index contributed by atoms with van der Waals surface area (Å²) in [6.07, 6.45) is 3.27. The Bertz CT molecular complexity index is 556. The lowest BCUT2D eigenvalue weighted by Gasteiger charge is -2.20. The molecule has 4 nitrogen and oxygen atoms in total. The number of H-pyrrole nitrogens is 1. The van der Waals surface area contributed by atoms with Gasteiger partial charge in [0.05, 0.1) is 12.3 Å². The molecule has 0 atom stereocenters. The zero-order valence-corrected chi connectivity index (χ0v) is 12.6. The highest BCUT2D eigenvalue weighted by atomic mass is 16.5. The molecular formula is C17H23N3O. The Labute approximate surface area is 125 Å². The summed E-state index contributed by atoms with van der Waals surface area (Å²) in [4.78, 5) is 0. The molecular weight excluding hydrogens is 262 g/mol. The average molecular weight is 285 g/mol. The fourth-order valence-electron chi connectivity index (χ4n) is 2.89. The maximum Gasteiger partial charge on any atom is 0.119 e. The van der Waals surface area contributed by atoms with Crippen LogP contribution in [0.3, 0.4) is 0 Å². The molecule has 112 valence electrons. The summed E-state index contributed by atoms with van der Waals surface area (Å²) in [6.45, 7) is 4.91. The van der Waals surface area contributed by atoms with Crippen LogP contribution in [-0.2, 0) is 6.42 Å². The molecule has 2 N–H and O–H groups in total. The monoisotopic (exact) mass is 285 g/mol. The Hall–Kier alpha value is -1.81. The van der Waals surface area contributed by atoms with Crippen LogP contribution in [-0.4, -0.2) is 29.9 Å². The van der Waals surface area contributed by atoms with Crippen molar-refractivity contribution in [1.82, 2.24) is 15.5 Å². The van der Waals surface area contributed by atoms with Crippen LogP contribution in [0.5, 0.6) is 5.75 Å². The van der Waals surface area contributed by atoms with Crippen molar-refractivity contribution in [2.45, 2.75) is 32.1 Å². The lowest BCUT2D eigenvalue weighted by Crippen LogP contribution is -2.26. The molecule has 4 heteroatoms. The van der Waals surface area contributed by atoms with Gasteiger partial charge in [0.2, 0.25) is 0 Å². The molecule has 0 spiro atoms. The summed E-state index contributed by atoms with van der Waals surface area (Å²) in [7, 11) is 0. The van der Waals surface area contributed by atoms with Crippen LogP contribution < -0.4 is 10.1 Å². The smallest absolute Gasteiger partial charge is 0.119 e. The fraction of sp³-hybridized carbons (Fsp3) is 0.471. The van der Waals surface area contributed by atoms with Crippen LogP contribution in [0.4, 0.5) is 0 Å². The summed E-state index contributed by atoms with van der Waals surface area (Å²) in [5.41, 5.74) is 3.68. The number of aromatic nitrogens is 2. The molecule has 21 heavy (non-hydrogen) atoms. The molecule has 0 saturated carbocycles. The van der Waals surface area contributed by atoms with E-state index >= 15 is 0 Å². The minimum absolute atomic E-state index is 0.608. The van der Waals surface area contributed by atoms with Crippen LogP contribution in [0.15, 0.2) is 30.3 Å². The Kier molecular flexibility index (Phi) is 4.55. The number of nitrogens with one attached hydrogen (secondary N) is 2. The number of benzene rings is 1. The molecule has 1 saturated heterocycles. The van der Waals surface area contributed by atoms with Crippen LogP contribution in [0.1, 0.15) is 42.6 Å². The van der Waals surface area contributed by atoms with Crippen LogP contribution in [0.25, 0.3) is 0 Å². The molecule has 1 aliphatic rings. The number of rotatable bonds is 5. The van der Waals surface area contributed by atoms with E-state index in [0.717, 1.165) is 25.3 Å². The Morgan fingerprint density at radius 3 is 2.67 bits per heavy atom. The molecule has 1 aliphatic heterocycles. The summed E-state index contributed by atoms with van der Waals surface area (Å²) < 4.78 is 5.47. The average Bonchev–Trinajstić information content (AvgIpc) is 2.99. The molecule has 2 heterocycles. The van der Waals surface area contributed by atoms with E-state index in [1.807, 2.05) is 19.1 Å². The summed E-state index contributed by atoms with van der Waals surface area (Å²) in [6, 6.07) is 10.5. The molecule has 0 aliphatic carbocycles. The van der Waals surface area contributed by atoms with Gasteiger partial charge in [-0.05, 0) is 56.6 Å².